The van der Waals surface area contributed by atoms with Crippen molar-refractivity contribution in [2.45, 2.75) is 38.2 Å². The van der Waals surface area contributed by atoms with Gasteiger partial charge in [0.1, 0.15) is 0 Å². The van der Waals surface area contributed by atoms with Crippen molar-refractivity contribution >= 4 is 15.9 Å². The van der Waals surface area contributed by atoms with Gasteiger partial charge in [0.15, 0.2) is 0 Å². The third-order valence-electron chi connectivity index (χ3n) is 4.63. The molecule has 1 radical (unpaired) electrons. The van der Waals surface area contributed by atoms with Crippen molar-refractivity contribution in [1.29, 1.82) is 0 Å². The van der Waals surface area contributed by atoms with E-state index in [2.05, 4.69) is 63.5 Å². The second kappa shape index (κ2) is 10.4. The van der Waals surface area contributed by atoms with Crippen LogP contribution in [0.15, 0.2) is 28.7 Å². The number of nitrogens with zero attached hydrogens (tertiary/aromatic N) is 2. The standard InChI is InChI=1S/C13H18BrN2.C6H12O/c1-15-8-10-16(11-9-15)7-6-12-2-4-13(14)5-3-12;7-6-4-2-1-3-5-6/h2-6H,7-11H2,1H3;6-7H,1-5H2. The monoisotopic (exact) mass is 381 g/mol. The highest BCUT2D eigenvalue weighted by Gasteiger charge is 2.13. The van der Waals surface area contributed by atoms with Gasteiger partial charge in [-0.25, -0.2) is 0 Å². The van der Waals surface area contributed by atoms with Gasteiger partial charge in [-0.3, -0.25) is 0 Å². The van der Waals surface area contributed by atoms with Crippen LogP contribution in [-0.2, 0) is 0 Å². The van der Waals surface area contributed by atoms with Crippen molar-refractivity contribution in [3.8, 4) is 0 Å². The fourth-order valence-electron chi connectivity index (χ4n) is 2.94. The highest BCUT2D eigenvalue weighted by molar-refractivity contribution is 9.10. The van der Waals surface area contributed by atoms with Crippen molar-refractivity contribution in [3.05, 3.63) is 40.7 Å². The summed E-state index contributed by atoms with van der Waals surface area (Å²) >= 11 is 3.45. The van der Waals surface area contributed by atoms with Gasteiger partial charge in [0.25, 0.3) is 0 Å². The predicted molar refractivity (Wildman–Crippen MR) is 101 cm³/mol. The van der Waals surface area contributed by atoms with Gasteiger partial charge in [0, 0.05) is 43.6 Å². The summed E-state index contributed by atoms with van der Waals surface area (Å²) in [5.74, 6) is 0. The third-order valence-corrected chi connectivity index (χ3v) is 5.15. The Hall–Kier alpha value is -0.420. The molecule has 1 saturated heterocycles. The average Bonchev–Trinajstić information content (AvgIpc) is 2.57. The van der Waals surface area contributed by atoms with Gasteiger partial charge in [0.05, 0.1) is 6.10 Å². The van der Waals surface area contributed by atoms with Gasteiger partial charge in [-0.1, -0.05) is 47.3 Å². The first-order valence-electron chi connectivity index (χ1n) is 8.81. The number of benzene rings is 1. The molecule has 1 saturated carbocycles. The van der Waals surface area contributed by atoms with Gasteiger partial charge in [-0.15, -0.1) is 0 Å². The summed E-state index contributed by atoms with van der Waals surface area (Å²) in [6.45, 7) is 5.81. The number of likely N-dealkylation sites (N-methyl/N-ethyl adjacent to an activating group) is 1. The normalized spacial score (nSPS) is 20.8. The lowest BCUT2D eigenvalue weighted by atomic mass is 9.98. The molecule has 1 aromatic rings. The van der Waals surface area contributed by atoms with Crippen molar-refractivity contribution < 1.29 is 5.11 Å². The quantitative estimate of drug-likeness (QED) is 0.866. The van der Waals surface area contributed by atoms with Crippen LogP contribution in [0, 0.1) is 6.42 Å². The maximum Gasteiger partial charge on any atom is 0.0540 e. The molecule has 1 aliphatic carbocycles. The Morgan fingerprint density at radius 1 is 1.04 bits per heavy atom. The molecule has 2 fully saturated rings. The maximum atomic E-state index is 8.91. The highest BCUT2D eigenvalue weighted by Crippen LogP contribution is 2.16. The van der Waals surface area contributed by atoms with Crippen LogP contribution in [0.1, 0.15) is 37.7 Å². The molecule has 129 valence electrons. The summed E-state index contributed by atoms with van der Waals surface area (Å²) < 4.78 is 1.14. The zero-order valence-corrected chi connectivity index (χ0v) is 15.8. The molecule has 0 unspecified atom stereocenters. The number of rotatable bonds is 3. The minimum absolute atomic E-state index is 0.0359. The zero-order valence-electron chi connectivity index (χ0n) is 14.3. The fourth-order valence-corrected chi connectivity index (χ4v) is 3.21. The molecular weight excluding hydrogens is 352 g/mol. The Morgan fingerprint density at radius 3 is 2.17 bits per heavy atom. The first kappa shape index (κ1) is 18.9. The third kappa shape index (κ3) is 7.79. The molecule has 0 atom stereocenters. The van der Waals surface area contributed by atoms with Gasteiger partial charge < -0.3 is 14.9 Å². The first-order chi connectivity index (χ1) is 11.1. The van der Waals surface area contributed by atoms with E-state index >= 15 is 0 Å². The summed E-state index contributed by atoms with van der Waals surface area (Å²) in [6.07, 6.45) is 8.23. The molecular formula is C19H30BrN2O. The van der Waals surface area contributed by atoms with E-state index < -0.39 is 0 Å². The van der Waals surface area contributed by atoms with Crippen molar-refractivity contribution in [1.82, 2.24) is 9.80 Å². The largest absolute Gasteiger partial charge is 0.393 e. The molecule has 1 aromatic carbocycles. The second-order valence-corrected chi connectivity index (χ2v) is 7.57. The summed E-state index contributed by atoms with van der Waals surface area (Å²) in [6, 6.07) is 8.49. The van der Waals surface area contributed by atoms with Crippen LogP contribution in [0.4, 0.5) is 0 Å². The second-order valence-electron chi connectivity index (χ2n) is 6.65. The van der Waals surface area contributed by atoms with Crippen LogP contribution in [0.2, 0.25) is 0 Å². The number of hydrogen-bond donors (Lipinski definition) is 1. The summed E-state index contributed by atoms with van der Waals surface area (Å²) in [5, 5.41) is 8.91. The lowest BCUT2D eigenvalue weighted by Gasteiger charge is -2.32. The molecule has 1 N–H and O–H groups in total. The van der Waals surface area contributed by atoms with E-state index in [-0.39, 0.29) is 6.10 Å². The van der Waals surface area contributed by atoms with E-state index in [1.807, 2.05) is 0 Å². The molecule has 3 rings (SSSR count). The minimum atomic E-state index is 0.0359. The molecule has 3 nitrogen and oxygen atoms in total. The van der Waals surface area contributed by atoms with Crippen molar-refractivity contribution in [2.75, 3.05) is 39.8 Å². The zero-order chi connectivity index (χ0) is 16.5. The Kier molecular flexibility index (Phi) is 8.59. The lowest BCUT2D eigenvalue weighted by molar-refractivity contribution is 0.130. The molecule has 2 aliphatic rings. The van der Waals surface area contributed by atoms with Crippen LogP contribution < -0.4 is 0 Å². The number of aliphatic hydroxyl groups is 1. The number of hydrogen-bond acceptors (Lipinski definition) is 3. The average molecular weight is 382 g/mol. The molecule has 0 aromatic heterocycles. The Morgan fingerprint density at radius 2 is 1.65 bits per heavy atom. The van der Waals surface area contributed by atoms with Gasteiger partial charge in [-0.05, 0) is 37.6 Å². The van der Waals surface area contributed by atoms with Crippen LogP contribution in [0.25, 0.3) is 0 Å². The Balaban J connectivity index is 0.000000229. The first-order valence-corrected chi connectivity index (χ1v) is 9.60. The molecule has 0 bridgehead atoms. The molecule has 1 heterocycles. The number of piperazine rings is 1. The van der Waals surface area contributed by atoms with Gasteiger partial charge in [0.2, 0.25) is 0 Å². The number of halogens is 1. The molecule has 0 spiro atoms. The van der Waals surface area contributed by atoms with E-state index in [1.54, 1.807) is 0 Å². The minimum Gasteiger partial charge on any atom is -0.393 e. The topological polar surface area (TPSA) is 26.7 Å². The van der Waals surface area contributed by atoms with E-state index in [0.717, 1.165) is 23.9 Å². The molecule has 1 aliphatic heterocycles. The van der Waals surface area contributed by atoms with E-state index in [1.165, 1.54) is 51.0 Å². The molecule has 23 heavy (non-hydrogen) atoms. The predicted octanol–water partition coefficient (Wildman–Crippen LogP) is 3.56. The van der Waals surface area contributed by atoms with E-state index in [4.69, 9.17) is 5.11 Å². The lowest BCUT2D eigenvalue weighted by Crippen LogP contribution is -2.44. The van der Waals surface area contributed by atoms with E-state index in [0.29, 0.717) is 0 Å². The smallest absolute Gasteiger partial charge is 0.0540 e. The molecule has 0 amide bonds. The SMILES string of the molecule is CN1CCN(C[CH]c2ccc(Br)cc2)CC1.OC1CCCCC1. The van der Waals surface area contributed by atoms with Crippen molar-refractivity contribution in [3.63, 3.8) is 0 Å². The summed E-state index contributed by atoms with van der Waals surface area (Å²) in [4.78, 5) is 4.89. The van der Waals surface area contributed by atoms with Crippen LogP contribution >= 0.6 is 15.9 Å². The maximum absolute atomic E-state index is 8.91. The Bertz CT molecular complexity index is 424. The Labute approximate surface area is 149 Å². The van der Waals surface area contributed by atoms with Gasteiger partial charge >= 0.3 is 0 Å². The molecule has 4 heteroatoms. The summed E-state index contributed by atoms with van der Waals surface area (Å²) in [7, 11) is 2.19. The van der Waals surface area contributed by atoms with Gasteiger partial charge in [-0.2, -0.15) is 0 Å². The van der Waals surface area contributed by atoms with Crippen molar-refractivity contribution in [2.24, 2.45) is 0 Å². The van der Waals surface area contributed by atoms with Crippen LogP contribution in [0.5, 0.6) is 0 Å². The van der Waals surface area contributed by atoms with E-state index in [9.17, 15) is 0 Å². The summed E-state index contributed by atoms with van der Waals surface area (Å²) in [5.41, 5.74) is 1.31. The number of aliphatic hydroxyl groups excluding tert-OH is 1. The van der Waals surface area contributed by atoms with Crippen LogP contribution in [0.3, 0.4) is 0 Å². The van der Waals surface area contributed by atoms with Crippen LogP contribution in [-0.4, -0.2) is 60.8 Å². The fraction of sp³-hybridized carbons (Fsp3) is 0.632. The highest BCUT2D eigenvalue weighted by atomic mass is 79.9.